The summed E-state index contributed by atoms with van der Waals surface area (Å²) in [6.07, 6.45) is 0.259. The Balaban J connectivity index is 1.62. The summed E-state index contributed by atoms with van der Waals surface area (Å²) < 4.78 is 4.93. The van der Waals surface area contributed by atoms with E-state index in [4.69, 9.17) is 4.42 Å². The van der Waals surface area contributed by atoms with Gasteiger partial charge in [0.2, 0.25) is 5.91 Å². The van der Waals surface area contributed by atoms with Crippen LogP contribution in [0.1, 0.15) is 16.7 Å². The molecule has 0 fully saturated rings. The van der Waals surface area contributed by atoms with Crippen LogP contribution < -0.4 is 11.1 Å². The maximum atomic E-state index is 12.0. The molecule has 0 spiro atoms. The minimum absolute atomic E-state index is 0.0641. The van der Waals surface area contributed by atoms with Crippen molar-refractivity contribution in [3.63, 3.8) is 0 Å². The second-order valence-corrected chi connectivity index (χ2v) is 5.28. The van der Waals surface area contributed by atoms with E-state index in [0.29, 0.717) is 17.6 Å². The molecular formula is C17H16N2O3. The molecule has 1 heterocycles. The Morgan fingerprint density at radius 1 is 1.14 bits per heavy atom. The standard InChI is InChI=1S/C17H16N2O3/c1-11-2-4-12(5-3-11)10-18-16(20)9-13-6-7-15-14(8-13)19-17(21)22-15/h2-8H,9-10H2,1H3,(H,18,20)(H,19,21). The molecule has 1 aromatic heterocycles. The molecule has 0 unspecified atom stereocenters. The Morgan fingerprint density at radius 2 is 1.86 bits per heavy atom. The van der Waals surface area contributed by atoms with Gasteiger partial charge in [-0.05, 0) is 30.2 Å². The lowest BCUT2D eigenvalue weighted by molar-refractivity contribution is -0.120. The van der Waals surface area contributed by atoms with Gasteiger partial charge in [0.15, 0.2) is 5.58 Å². The van der Waals surface area contributed by atoms with Crippen molar-refractivity contribution in [2.24, 2.45) is 0 Å². The fourth-order valence-electron chi connectivity index (χ4n) is 2.26. The van der Waals surface area contributed by atoms with E-state index in [1.807, 2.05) is 31.2 Å². The molecular weight excluding hydrogens is 280 g/mol. The predicted octanol–water partition coefficient (Wildman–Crippen LogP) is 2.29. The van der Waals surface area contributed by atoms with Crippen LogP contribution in [0.15, 0.2) is 51.7 Å². The number of amides is 1. The summed E-state index contributed by atoms with van der Waals surface area (Å²) in [5, 5.41) is 2.89. The molecule has 0 saturated heterocycles. The van der Waals surface area contributed by atoms with Gasteiger partial charge < -0.3 is 9.73 Å². The van der Waals surface area contributed by atoms with Gasteiger partial charge in [-0.25, -0.2) is 4.79 Å². The van der Waals surface area contributed by atoms with Gasteiger partial charge in [0, 0.05) is 6.54 Å². The van der Waals surface area contributed by atoms with Gasteiger partial charge in [0.05, 0.1) is 11.9 Å². The van der Waals surface area contributed by atoms with Gasteiger partial charge in [-0.3, -0.25) is 9.78 Å². The number of aromatic nitrogens is 1. The molecule has 0 bridgehead atoms. The van der Waals surface area contributed by atoms with E-state index >= 15 is 0 Å². The van der Waals surface area contributed by atoms with Crippen LogP contribution in [0, 0.1) is 6.92 Å². The molecule has 0 radical (unpaired) electrons. The molecule has 0 saturated carbocycles. The number of fused-ring (bicyclic) bond motifs is 1. The lowest BCUT2D eigenvalue weighted by atomic mass is 10.1. The first kappa shape index (κ1) is 14.1. The fraction of sp³-hybridized carbons (Fsp3) is 0.176. The molecule has 0 aliphatic carbocycles. The minimum atomic E-state index is -0.490. The maximum absolute atomic E-state index is 12.0. The van der Waals surface area contributed by atoms with Crippen molar-refractivity contribution in [3.8, 4) is 0 Å². The number of rotatable bonds is 4. The van der Waals surface area contributed by atoms with Crippen LogP contribution >= 0.6 is 0 Å². The van der Waals surface area contributed by atoms with Crippen molar-refractivity contribution in [1.82, 2.24) is 10.3 Å². The van der Waals surface area contributed by atoms with E-state index in [1.165, 1.54) is 5.56 Å². The number of aromatic amines is 1. The number of benzene rings is 2. The zero-order valence-electron chi connectivity index (χ0n) is 12.2. The molecule has 1 amide bonds. The van der Waals surface area contributed by atoms with E-state index in [1.54, 1.807) is 18.2 Å². The Hall–Kier alpha value is -2.82. The topological polar surface area (TPSA) is 75.1 Å². The largest absolute Gasteiger partial charge is 0.417 e. The number of hydrogen-bond acceptors (Lipinski definition) is 3. The van der Waals surface area contributed by atoms with E-state index in [9.17, 15) is 9.59 Å². The Bertz CT molecular complexity index is 859. The predicted molar refractivity (Wildman–Crippen MR) is 83.6 cm³/mol. The molecule has 0 atom stereocenters. The van der Waals surface area contributed by atoms with Crippen molar-refractivity contribution in [2.45, 2.75) is 19.9 Å². The average molecular weight is 296 g/mol. The Labute approximate surface area is 127 Å². The summed E-state index contributed by atoms with van der Waals surface area (Å²) in [5.41, 5.74) is 4.18. The van der Waals surface area contributed by atoms with Crippen LogP contribution in [0.3, 0.4) is 0 Å². The normalized spacial score (nSPS) is 10.8. The second-order valence-electron chi connectivity index (χ2n) is 5.28. The average Bonchev–Trinajstić information content (AvgIpc) is 2.86. The van der Waals surface area contributed by atoms with Crippen LogP contribution in [0.2, 0.25) is 0 Å². The van der Waals surface area contributed by atoms with Crippen molar-refractivity contribution in [1.29, 1.82) is 0 Å². The summed E-state index contributed by atoms with van der Waals surface area (Å²) in [5.74, 6) is -0.554. The second kappa shape index (κ2) is 5.89. The van der Waals surface area contributed by atoms with Crippen molar-refractivity contribution in [3.05, 3.63) is 69.7 Å². The quantitative estimate of drug-likeness (QED) is 0.775. The molecule has 3 rings (SSSR count). The Morgan fingerprint density at radius 3 is 2.64 bits per heavy atom. The van der Waals surface area contributed by atoms with Gasteiger partial charge in [-0.15, -0.1) is 0 Å². The van der Waals surface area contributed by atoms with Crippen LogP contribution in [0.4, 0.5) is 0 Å². The zero-order chi connectivity index (χ0) is 15.5. The number of carbonyl (C=O) groups excluding carboxylic acids is 1. The van der Waals surface area contributed by atoms with Crippen LogP contribution in [0.5, 0.6) is 0 Å². The highest BCUT2D eigenvalue weighted by Crippen LogP contribution is 2.12. The van der Waals surface area contributed by atoms with Gasteiger partial charge in [0.1, 0.15) is 0 Å². The zero-order valence-corrected chi connectivity index (χ0v) is 12.2. The molecule has 5 nitrogen and oxygen atoms in total. The minimum Gasteiger partial charge on any atom is -0.408 e. The van der Waals surface area contributed by atoms with E-state index in [2.05, 4.69) is 10.3 Å². The summed E-state index contributed by atoms with van der Waals surface area (Å²) in [6, 6.07) is 13.3. The number of carbonyl (C=O) groups is 1. The molecule has 0 aliphatic heterocycles. The van der Waals surface area contributed by atoms with Gasteiger partial charge in [-0.2, -0.15) is 0 Å². The SMILES string of the molecule is Cc1ccc(CNC(=O)Cc2ccc3oc(=O)[nH]c3c2)cc1. The smallest absolute Gasteiger partial charge is 0.408 e. The molecule has 2 N–H and O–H groups in total. The van der Waals surface area contributed by atoms with Crippen molar-refractivity contribution >= 4 is 17.0 Å². The van der Waals surface area contributed by atoms with Gasteiger partial charge >= 0.3 is 5.76 Å². The summed E-state index contributed by atoms with van der Waals surface area (Å²) in [7, 11) is 0. The van der Waals surface area contributed by atoms with Crippen LogP contribution in [-0.4, -0.2) is 10.9 Å². The Kier molecular flexibility index (Phi) is 3.78. The number of nitrogens with one attached hydrogen (secondary N) is 2. The molecule has 0 aliphatic rings. The highest BCUT2D eigenvalue weighted by molar-refractivity contribution is 5.80. The highest BCUT2D eigenvalue weighted by atomic mass is 16.4. The lowest BCUT2D eigenvalue weighted by Gasteiger charge is -2.06. The monoisotopic (exact) mass is 296 g/mol. The number of hydrogen-bond donors (Lipinski definition) is 2. The number of oxazole rings is 1. The van der Waals surface area contributed by atoms with Gasteiger partial charge in [0.25, 0.3) is 0 Å². The van der Waals surface area contributed by atoms with Crippen LogP contribution in [0.25, 0.3) is 11.1 Å². The molecule has 5 heteroatoms. The number of aryl methyl sites for hydroxylation is 1. The molecule has 22 heavy (non-hydrogen) atoms. The number of H-pyrrole nitrogens is 1. The summed E-state index contributed by atoms with van der Waals surface area (Å²) in [4.78, 5) is 25.7. The van der Waals surface area contributed by atoms with E-state index in [0.717, 1.165) is 11.1 Å². The van der Waals surface area contributed by atoms with Crippen molar-refractivity contribution < 1.29 is 9.21 Å². The molecule has 112 valence electrons. The third-order valence-corrected chi connectivity index (χ3v) is 3.46. The molecule has 2 aromatic carbocycles. The third-order valence-electron chi connectivity index (χ3n) is 3.46. The first-order chi connectivity index (χ1) is 10.6. The maximum Gasteiger partial charge on any atom is 0.417 e. The first-order valence-corrected chi connectivity index (χ1v) is 7.04. The fourth-order valence-corrected chi connectivity index (χ4v) is 2.26. The molecule has 3 aromatic rings. The van der Waals surface area contributed by atoms with Gasteiger partial charge in [-0.1, -0.05) is 35.9 Å². The lowest BCUT2D eigenvalue weighted by Crippen LogP contribution is -2.24. The van der Waals surface area contributed by atoms with E-state index < -0.39 is 5.76 Å². The first-order valence-electron chi connectivity index (χ1n) is 7.04. The highest BCUT2D eigenvalue weighted by Gasteiger charge is 2.06. The summed E-state index contributed by atoms with van der Waals surface area (Å²) >= 11 is 0. The summed E-state index contributed by atoms with van der Waals surface area (Å²) in [6.45, 7) is 2.53. The third kappa shape index (κ3) is 3.25. The van der Waals surface area contributed by atoms with Crippen molar-refractivity contribution in [2.75, 3.05) is 0 Å². The van der Waals surface area contributed by atoms with E-state index in [-0.39, 0.29) is 12.3 Å². The van der Waals surface area contributed by atoms with Crippen LogP contribution in [-0.2, 0) is 17.8 Å².